The van der Waals surface area contributed by atoms with Gasteiger partial charge in [-0.2, -0.15) is 0 Å². The van der Waals surface area contributed by atoms with Gasteiger partial charge in [0.2, 0.25) is 5.95 Å². The average molecular weight is 355 g/mol. The molecule has 0 spiro atoms. The number of hydrogen-bond acceptors (Lipinski definition) is 5. The summed E-state index contributed by atoms with van der Waals surface area (Å²) in [5, 5.41) is 3.26. The van der Waals surface area contributed by atoms with Crippen LogP contribution in [0.5, 0.6) is 0 Å². The molecule has 2 heterocycles. The van der Waals surface area contributed by atoms with E-state index in [0.29, 0.717) is 43.9 Å². The molecule has 2 aromatic rings. The molecule has 136 valence electrons. The summed E-state index contributed by atoms with van der Waals surface area (Å²) < 4.78 is 13.1. The Morgan fingerprint density at radius 3 is 2.46 bits per heavy atom. The molecule has 26 heavy (non-hydrogen) atoms. The Balaban J connectivity index is 1.41. The number of nitrogens with one attached hydrogen (secondary N) is 1. The predicted octanol–water partition coefficient (Wildman–Crippen LogP) is 2.46. The van der Waals surface area contributed by atoms with Crippen LogP contribution in [0.15, 0.2) is 30.3 Å². The van der Waals surface area contributed by atoms with Gasteiger partial charge in [-0.1, -0.05) is 0 Å². The van der Waals surface area contributed by atoms with Crippen molar-refractivity contribution in [2.24, 2.45) is 0 Å². The summed E-state index contributed by atoms with van der Waals surface area (Å²) in [5.41, 5.74) is 2.21. The molecule has 1 saturated heterocycles. The lowest BCUT2D eigenvalue weighted by atomic mass is 10.2. The Hall–Kier alpha value is -2.70. The zero-order chi connectivity index (χ0) is 18.1. The average Bonchev–Trinajstić information content (AvgIpc) is 3.45. The molecular formula is C19H22FN5O. The maximum absolute atomic E-state index is 13.1. The molecule has 1 aliphatic heterocycles. The molecule has 6 nitrogen and oxygen atoms in total. The Kier molecular flexibility index (Phi) is 4.44. The Labute approximate surface area is 152 Å². The highest BCUT2D eigenvalue weighted by atomic mass is 19.1. The molecule has 2 aliphatic rings. The SMILES string of the molecule is Cc1cc(C(=O)N2CCN(c3ccc(F)cc3)CC2)nc(NC2CC2)n1. The minimum atomic E-state index is -0.239. The van der Waals surface area contributed by atoms with E-state index >= 15 is 0 Å². The third-order valence-corrected chi connectivity index (χ3v) is 4.74. The molecule has 0 unspecified atom stereocenters. The number of aromatic nitrogens is 2. The van der Waals surface area contributed by atoms with Crippen molar-refractivity contribution in [3.63, 3.8) is 0 Å². The summed E-state index contributed by atoms with van der Waals surface area (Å²) in [7, 11) is 0. The second-order valence-corrected chi connectivity index (χ2v) is 6.89. The first-order valence-electron chi connectivity index (χ1n) is 9.00. The van der Waals surface area contributed by atoms with E-state index in [1.54, 1.807) is 18.2 Å². The number of hydrogen-bond donors (Lipinski definition) is 1. The summed E-state index contributed by atoms with van der Waals surface area (Å²) in [6, 6.07) is 8.66. The number of piperazine rings is 1. The van der Waals surface area contributed by atoms with E-state index in [1.165, 1.54) is 12.1 Å². The third kappa shape index (κ3) is 3.76. The van der Waals surface area contributed by atoms with Gasteiger partial charge in [0.25, 0.3) is 5.91 Å². The number of carbonyl (C=O) groups is 1. The topological polar surface area (TPSA) is 61.4 Å². The van der Waals surface area contributed by atoms with Gasteiger partial charge in [0.1, 0.15) is 11.5 Å². The maximum Gasteiger partial charge on any atom is 0.272 e. The zero-order valence-electron chi connectivity index (χ0n) is 14.8. The highest BCUT2D eigenvalue weighted by Crippen LogP contribution is 2.23. The third-order valence-electron chi connectivity index (χ3n) is 4.74. The van der Waals surface area contributed by atoms with Gasteiger partial charge in [-0.3, -0.25) is 4.79 Å². The van der Waals surface area contributed by atoms with Gasteiger partial charge < -0.3 is 15.1 Å². The second kappa shape index (κ2) is 6.90. The van der Waals surface area contributed by atoms with E-state index in [9.17, 15) is 9.18 Å². The lowest BCUT2D eigenvalue weighted by molar-refractivity contribution is 0.0740. The lowest BCUT2D eigenvalue weighted by Crippen LogP contribution is -2.49. The smallest absolute Gasteiger partial charge is 0.272 e. The van der Waals surface area contributed by atoms with E-state index in [2.05, 4.69) is 20.2 Å². The van der Waals surface area contributed by atoms with Crippen LogP contribution in [0.4, 0.5) is 16.0 Å². The molecular weight excluding hydrogens is 333 g/mol. The Morgan fingerprint density at radius 2 is 1.81 bits per heavy atom. The van der Waals surface area contributed by atoms with Crippen LogP contribution in [0.3, 0.4) is 0 Å². The van der Waals surface area contributed by atoms with Crippen LogP contribution in [0, 0.1) is 12.7 Å². The predicted molar refractivity (Wildman–Crippen MR) is 97.9 cm³/mol. The molecule has 2 fully saturated rings. The molecule has 4 rings (SSSR count). The number of nitrogens with zero attached hydrogens (tertiary/aromatic N) is 4. The van der Waals surface area contributed by atoms with Gasteiger partial charge in [0.05, 0.1) is 0 Å². The van der Waals surface area contributed by atoms with E-state index in [1.807, 2.05) is 11.8 Å². The zero-order valence-corrected chi connectivity index (χ0v) is 14.8. The van der Waals surface area contributed by atoms with E-state index in [0.717, 1.165) is 24.2 Å². The van der Waals surface area contributed by atoms with Crippen molar-refractivity contribution in [1.82, 2.24) is 14.9 Å². The summed E-state index contributed by atoms with van der Waals surface area (Å²) in [4.78, 5) is 25.6. The van der Waals surface area contributed by atoms with E-state index in [-0.39, 0.29) is 11.7 Å². The molecule has 1 aromatic carbocycles. The standard InChI is InChI=1S/C19H22FN5O/c1-13-12-17(23-19(21-13)22-15-4-5-15)18(26)25-10-8-24(9-11-25)16-6-2-14(20)3-7-16/h2-3,6-7,12,15H,4-5,8-11H2,1H3,(H,21,22,23). The highest BCUT2D eigenvalue weighted by Gasteiger charge is 2.25. The summed E-state index contributed by atoms with van der Waals surface area (Å²) in [6.45, 7) is 4.54. The largest absolute Gasteiger partial charge is 0.368 e. The number of benzene rings is 1. The van der Waals surface area contributed by atoms with Gasteiger partial charge in [0.15, 0.2) is 0 Å². The minimum Gasteiger partial charge on any atom is -0.368 e. The first-order chi connectivity index (χ1) is 12.6. The van der Waals surface area contributed by atoms with Gasteiger partial charge in [-0.25, -0.2) is 14.4 Å². The van der Waals surface area contributed by atoms with E-state index in [4.69, 9.17) is 0 Å². The molecule has 1 N–H and O–H groups in total. The fourth-order valence-corrected chi connectivity index (χ4v) is 3.13. The quantitative estimate of drug-likeness (QED) is 0.913. The molecule has 0 radical (unpaired) electrons. The maximum atomic E-state index is 13.1. The van der Waals surface area contributed by atoms with Crippen molar-refractivity contribution in [1.29, 1.82) is 0 Å². The van der Waals surface area contributed by atoms with Crippen LogP contribution in [0.1, 0.15) is 29.0 Å². The number of aryl methyl sites for hydroxylation is 1. The molecule has 0 bridgehead atoms. The molecule has 1 saturated carbocycles. The molecule has 7 heteroatoms. The van der Waals surface area contributed by atoms with Gasteiger partial charge in [-0.05, 0) is 50.1 Å². The first kappa shape index (κ1) is 16.8. The Morgan fingerprint density at radius 1 is 1.12 bits per heavy atom. The molecule has 1 amide bonds. The molecule has 1 aromatic heterocycles. The number of rotatable bonds is 4. The fraction of sp³-hybridized carbons (Fsp3) is 0.421. The van der Waals surface area contributed by atoms with Crippen molar-refractivity contribution < 1.29 is 9.18 Å². The number of anilines is 2. The summed E-state index contributed by atoms with van der Waals surface area (Å²) in [5.74, 6) is 0.242. The lowest BCUT2D eigenvalue weighted by Gasteiger charge is -2.36. The van der Waals surface area contributed by atoms with Crippen molar-refractivity contribution >= 4 is 17.5 Å². The number of carbonyl (C=O) groups excluding carboxylic acids is 1. The van der Waals surface area contributed by atoms with Crippen molar-refractivity contribution in [3.8, 4) is 0 Å². The summed E-state index contributed by atoms with van der Waals surface area (Å²) in [6.07, 6.45) is 2.26. The Bertz CT molecular complexity index is 798. The minimum absolute atomic E-state index is 0.0619. The second-order valence-electron chi connectivity index (χ2n) is 6.89. The molecule has 0 atom stereocenters. The highest BCUT2D eigenvalue weighted by molar-refractivity contribution is 5.92. The van der Waals surface area contributed by atoms with Crippen LogP contribution in [0.25, 0.3) is 0 Å². The van der Waals surface area contributed by atoms with Crippen LogP contribution in [-0.4, -0.2) is 53.0 Å². The van der Waals surface area contributed by atoms with Crippen LogP contribution >= 0.6 is 0 Å². The molecule has 1 aliphatic carbocycles. The van der Waals surface area contributed by atoms with E-state index < -0.39 is 0 Å². The van der Waals surface area contributed by atoms with Gasteiger partial charge in [-0.15, -0.1) is 0 Å². The monoisotopic (exact) mass is 355 g/mol. The normalized spacial score (nSPS) is 17.3. The van der Waals surface area contributed by atoms with Crippen molar-refractivity contribution in [2.45, 2.75) is 25.8 Å². The van der Waals surface area contributed by atoms with Crippen LogP contribution in [-0.2, 0) is 0 Å². The van der Waals surface area contributed by atoms with Crippen molar-refractivity contribution in [2.75, 3.05) is 36.4 Å². The number of amides is 1. The summed E-state index contributed by atoms with van der Waals surface area (Å²) >= 11 is 0. The van der Waals surface area contributed by atoms with Crippen LogP contribution in [0.2, 0.25) is 0 Å². The van der Waals surface area contributed by atoms with Crippen LogP contribution < -0.4 is 10.2 Å². The van der Waals surface area contributed by atoms with Gasteiger partial charge >= 0.3 is 0 Å². The van der Waals surface area contributed by atoms with Gasteiger partial charge in [0, 0.05) is 43.6 Å². The number of halogens is 1. The first-order valence-corrected chi connectivity index (χ1v) is 9.00. The fourth-order valence-electron chi connectivity index (χ4n) is 3.13. The van der Waals surface area contributed by atoms with Crippen molar-refractivity contribution in [3.05, 3.63) is 47.5 Å².